The van der Waals surface area contributed by atoms with Crippen molar-refractivity contribution >= 4 is 6.09 Å². The molecule has 0 fully saturated rings. The van der Waals surface area contributed by atoms with Crippen molar-refractivity contribution in [1.82, 2.24) is 0 Å². The smallest absolute Gasteiger partial charge is 0.407 e. The molecule has 0 saturated carbocycles. The molecule has 4 heteroatoms. The third-order valence-corrected chi connectivity index (χ3v) is 2.46. The molecule has 2 rings (SSSR count). The van der Waals surface area contributed by atoms with E-state index in [9.17, 15) is 9.18 Å². The van der Waals surface area contributed by atoms with E-state index in [1.54, 1.807) is 6.07 Å². The molecular formula is C14H12FNO2. The maximum absolute atomic E-state index is 13.3. The van der Waals surface area contributed by atoms with Crippen molar-refractivity contribution < 1.29 is 13.9 Å². The van der Waals surface area contributed by atoms with E-state index in [2.05, 4.69) is 4.74 Å². The quantitative estimate of drug-likeness (QED) is 0.903. The number of ether oxygens (including phenoxy) is 1. The van der Waals surface area contributed by atoms with Crippen molar-refractivity contribution in [2.75, 3.05) is 0 Å². The molecule has 2 N–H and O–H groups in total. The van der Waals surface area contributed by atoms with Gasteiger partial charge in [-0.3, -0.25) is 0 Å². The number of primary amides is 1. The van der Waals surface area contributed by atoms with Crippen LogP contribution in [0.15, 0.2) is 48.5 Å². The number of rotatable bonds is 3. The van der Waals surface area contributed by atoms with Gasteiger partial charge in [-0.15, -0.1) is 0 Å². The molecule has 0 unspecified atom stereocenters. The average molecular weight is 245 g/mol. The molecule has 1 amide bonds. The van der Waals surface area contributed by atoms with E-state index < -0.39 is 11.9 Å². The molecule has 0 spiro atoms. The van der Waals surface area contributed by atoms with Gasteiger partial charge in [0, 0.05) is 0 Å². The standard InChI is InChI=1S/C14H12FNO2/c15-12-7-6-11(9-13(12)18-14(16)17)8-10-4-2-1-3-5-10/h1-7,9H,8H2,(H2,16,17). The highest BCUT2D eigenvalue weighted by Gasteiger charge is 2.08. The van der Waals surface area contributed by atoms with Gasteiger partial charge in [-0.1, -0.05) is 36.4 Å². The molecule has 0 saturated heterocycles. The van der Waals surface area contributed by atoms with Gasteiger partial charge in [-0.05, 0) is 29.7 Å². The molecule has 0 aliphatic carbocycles. The van der Waals surface area contributed by atoms with Crippen LogP contribution in [0.3, 0.4) is 0 Å². The van der Waals surface area contributed by atoms with Crippen LogP contribution in [0.2, 0.25) is 0 Å². The molecule has 0 atom stereocenters. The Morgan fingerprint density at radius 1 is 1.11 bits per heavy atom. The summed E-state index contributed by atoms with van der Waals surface area (Å²) in [5.41, 5.74) is 6.81. The van der Waals surface area contributed by atoms with E-state index >= 15 is 0 Å². The minimum absolute atomic E-state index is 0.143. The first kappa shape index (κ1) is 12.1. The fourth-order valence-electron chi connectivity index (χ4n) is 1.68. The van der Waals surface area contributed by atoms with Crippen molar-refractivity contribution in [3.8, 4) is 5.75 Å². The Labute approximate surface area is 104 Å². The predicted molar refractivity (Wildman–Crippen MR) is 65.9 cm³/mol. The highest BCUT2D eigenvalue weighted by Crippen LogP contribution is 2.20. The Morgan fingerprint density at radius 2 is 1.83 bits per heavy atom. The second kappa shape index (κ2) is 5.31. The Hall–Kier alpha value is -2.36. The number of benzene rings is 2. The second-order valence-corrected chi connectivity index (χ2v) is 3.85. The summed E-state index contributed by atoms with van der Waals surface area (Å²) in [7, 11) is 0. The third kappa shape index (κ3) is 3.07. The van der Waals surface area contributed by atoms with E-state index in [1.807, 2.05) is 30.3 Å². The van der Waals surface area contributed by atoms with Gasteiger partial charge >= 0.3 is 6.09 Å². The zero-order chi connectivity index (χ0) is 13.0. The first-order valence-electron chi connectivity index (χ1n) is 5.45. The second-order valence-electron chi connectivity index (χ2n) is 3.85. The SMILES string of the molecule is NC(=O)Oc1cc(Cc2ccccc2)ccc1F. The van der Waals surface area contributed by atoms with E-state index in [-0.39, 0.29) is 5.75 Å². The molecule has 2 aromatic rings. The van der Waals surface area contributed by atoms with Gasteiger partial charge in [0.2, 0.25) is 0 Å². The fourth-order valence-corrected chi connectivity index (χ4v) is 1.68. The van der Waals surface area contributed by atoms with Crippen LogP contribution in [0, 0.1) is 5.82 Å². The molecular weight excluding hydrogens is 233 g/mol. The van der Waals surface area contributed by atoms with Gasteiger partial charge in [0.1, 0.15) is 0 Å². The zero-order valence-electron chi connectivity index (χ0n) is 9.60. The normalized spacial score (nSPS) is 10.1. The van der Waals surface area contributed by atoms with E-state index in [1.165, 1.54) is 12.1 Å². The summed E-state index contributed by atoms with van der Waals surface area (Å²) in [4.78, 5) is 10.6. The van der Waals surface area contributed by atoms with Gasteiger partial charge in [0.25, 0.3) is 0 Å². The number of amides is 1. The van der Waals surface area contributed by atoms with Crippen LogP contribution >= 0.6 is 0 Å². The lowest BCUT2D eigenvalue weighted by molar-refractivity contribution is 0.208. The minimum atomic E-state index is -1.02. The molecule has 0 radical (unpaired) electrons. The molecule has 0 aliphatic rings. The van der Waals surface area contributed by atoms with Crippen molar-refractivity contribution in [3.05, 3.63) is 65.5 Å². The van der Waals surface area contributed by atoms with Crippen LogP contribution in [0.4, 0.5) is 9.18 Å². The Kier molecular flexibility index (Phi) is 3.57. The third-order valence-electron chi connectivity index (χ3n) is 2.46. The topological polar surface area (TPSA) is 52.3 Å². The fraction of sp³-hybridized carbons (Fsp3) is 0.0714. The average Bonchev–Trinajstić information content (AvgIpc) is 2.34. The molecule has 0 aliphatic heterocycles. The number of carbonyl (C=O) groups excluding carboxylic acids is 1. The maximum Gasteiger partial charge on any atom is 0.410 e. The number of halogens is 1. The molecule has 0 bridgehead atoms. The lowest BCUT2D eigenvalue weighted by atomic mass is 10.0. The van der Waals surface area contributed by atoms with Crippen LogP contribution in [-0.2, 0) is 6.42 Å². The molecule has 0 heterocycles. The first-order chi connectivity index (χ1) is 8.65. The van der Waals surface area contributed by atoms with Crippen LogP contribution in [0.1, 0.15) is 11.1 Å². The summed E-state index contributed by atoms with van der Waals surface area (Å²) in [5, 5.41) is 0. The van der Waals surface area contributed by atoms with Gasteiger partial charge in [-0.2, -0.15) is 0 Å². The van der Waals surface area contributed by atoms with E-state index in [0.29, 0.717) is 6.42 Å². The van der Waals surface area contributed by atoms with E-state index in [4.69, 9.17) is 5.73 Å². The Morgan fingerprint density at radius 3 is 2.50 bits per heavy atom. The van der Waals surface area contributed by atoms with Gasteiger partial charge in [0.05, 0.1) is 0 Å². The van der Waals surface area contributed by atoms with Gasteiger partial charge in [0.15, 0.2) is 11.6 Å². The van der Waals surface area contributed by atoms with Crippen LogP contribution < -0.4 is 10.5 Å². The predicted octanol–water partition coefficient (Wildman–Crippen LogP) is 2.87. The monoisotopic (exact) mass is 245 g/mol. The lowest BCUT2D eigenvalue weighted by Gasteiger charge is -2.06. The summed E-state index contributed by atoms with van der Waals surface area (Å²) >= 11 is 0. The molecule has 18 heavy (non-hydrogen) atoms. The van der Waals surface area contributed by atoms with Gasteiger partial charge < -0.3 is 10.5 Å². The number of nitrogens with two attached hydrogens (primary N) is 1. The van der Waals surface area contributed by atoms with Gasteiger partial charge in [-0.25, -0.2) is 9.18 Å². The van der Waals surface area contributed by atoms with E-state index in [0.717, 1.165) is 11.1 Å². The lowest BCUT2D eigenvalue weighted by Crippen LogP contribution is -2.17. The first-order valence-corrected chi connectivity index (χ1v) is 5.45. The highest BCUT2D eigenvalue weighted by atomic mass is 19.1. The minimum Gasteiger partial charge on any atom is -0.407 e. The summed E-state index contributed by atoms with van der Waals surface area (Å²) < 4.78 is 17.9. The number of hydrogen-bond acceptors (Lipinski definition) is 2. The molecule has 3 nitrogen and oxygen atoms in total. The van der Waals surface area contributed by atoms with Crippen molar-refractivity contribution in [3.63, 3.8) is 0 Å². The van der Waals surface area contributed by atoms with Crippen LogP contribution in [0.25, 0.3) is 0 Å². The molecule has 0 aromatic heterocycles. The number of hydrogen-bond donors (Lipinski definition) is 1. The Bertz CT molecular complexity index is 555. The zero-order valence-corrected chi connectivity index (χ0v) is 9.60. The summed E-state index contributed by atoms with van der Waals surface area (Å²) in [6, 6.07) is 14.1. The summed E-state index contributed by atoms with van der Waals surface area (Å²) in [5.74, 6) is -0.749. The highest BCUT2D eigenvalue weighted by molar-refractivity contribution is 5.68. The molecule has 92 valence electrons. The maximum atomic E-state index is 13.3. The van der Waals surface area contributed by atoms with Crippen molar-refractivity contribution in [2.24, 2.45) is 5.73 Å². The Balaban J connectivity index is 2.22. The largest absolute Gasteiger partial charge is 0.410 e. The summed E-state index contributed by atoms with van der Waals surface area (Å²) in [6.45, 7) is 0. The van der Waals surface area contributed by atoms with Crippen LogP contribution in [-0.4, -0.2) is 6.09 Å². The molecule has 2 aromatic carbocycles. The summed E-state index contributed by atoms with van der Waals surface area (Å²) in [6.07, 6.45) is -0.387. The van der Waals surface area contributed by atoms with Crippen molar-refractivity contribution in [1.29, 1.82) is 0 Å². The number of carbonyl (C=O) groups is 1. The van der Waals surface area contributed by atoms with Crippen LogP contribution in [0.5, 0.6) is 5.75 Å². The van der Waals surface area contributed by atoms with Crippen molar-refractivity contribution in [2.45, 2.75) is 6.42 Å².